The fraction of sp³-hybridized carbons (Fsp3) is 0.429. The predicted octanol–water partition coefficient (Wildman–Crippen LogP) is 2.08. The van der Waals surface area contributed by atoms with Crippen molar-refractivity contribution < 1.29 is 9.59 Å². The minimum atomic E-state index is -0.362. The van der Waals surface area contributed by atoms with Crippen LogP contribution in [0.5, 0.6) is 0 Å². The predicted molar refractivity (Wildman–Crippen MR) is 72.1 cm³/mol. The zero-order chi connectivity index (χ0) is 13.5. The number of hydrogen-bond acceptors (Lipinski definition) is 2. The standard InChI is InChI=1S/C14H20N2O2/c1-11(2)16(12-7-4-3-5-8-12)14(18)10-6-9-13(15)17/h3-5,7-8,11H,6,9-10H2,1-2H3,(H2,15,17). The Morgan fingerprint density at radius 3 is 2.28 bits per heavy atom. The Kier molecular flexibility index (Phi) is 5.36. The molecule has 4 nitrogen and oxygen atoms in total. The van der Waals surface area contributed by atoms with Crippen LogP contribution >= 0.6 is 0 Å². The third-order valence-corrected chi connectivity index (χ3v) is 2.63. The highest BCUT2D eigenvalue weighted by atomic mass is 16.2. The van der Waals surface area contributed by atoms with Gasteiger partial charge >= 0.3 is 0 Å². The number of hydrogen-bond donors (Lipinski definition) is 1. The summed E-state index contributed by atoms with van der Waals surface area (Å²) in [5.41, 5.74) is 5.95. The van der Waals surface area contributed by atoms with Crippen LogP contribution in [-0.4, -0.2) is 17.9 Å². The van der Waals surface area contributed by atoms with Gasteiger partial charge in [0.1, 0.15) is 0 Å². The van der Waals surface area contributed by atoms with Gasteiger partial charge in [-0.2, -0.15) is 0 Å². The van der Waals surface area contributed by atoms with Gasteiger partial charge in [-0.1, -0.05) is 18.2 Å². The minimum absolute atomic E-state index is 0.0254. The number of benzene rings is 1. The molecule has 1 aromatic rings. The molecule has 0 spiro atoms. The SMILES string of the molecule is CC(C)N(C(=O)CCCC(N)=O)c1ccccc1. The average molecular weight is 248 g/mol. The van der Waals surface area contributed by atoms with Gasteiger partial charge in [-0.05, 0) is 32.4 Å². The fourth-order valence-corrected chi connectivity index (χ4v) is 1.85. The van der Waals surface area contributed by atoms with E-state index in [9.17, 15) is 9.59 Å². The van der Waals surface area contributed by atoms with Crippen LogP contribution in [0.1, 0.15) is 33.1 Å². The number of carbonyl (C=O) groups is 2. The molecular weight excluding hydrogens is 228 g/mol. The van der Waals surface area contributed by atoms with E-state index in [0.717, 1.165) is 5.69 Å². The first-order chi connectivity index (χ1) is 8.52. The summed E-state index contributed by atoms with van der Waals surface area (Å²) in [6, 6.07) is 9.63. The molecule has 18 heavy (non-hydrogen) atoms. The molecule has 4 heteroatoms. The third kappa shape index (κ3) is 4.20. The van der Waals surface area contributed by atoms with E-state index in [2.05, 4.69) is 0 Å². The quantitative estimate of drug-likeness (QED) is 0.837. The second-order valence-electron chi connectivity index (χ2n) is 4.51. The summed E-state index contributed by atoms with van der Waals surface area (Å²) in [4.78, 5) is 24.5. The number of amides is 2. The summed E-state index contributed by atoms with van der Waals surface area (Å²) in [5.74, 6) is -0.337. The van der Waals surface area contributed by atoms with Gasteiger partial charge in [0.2, 0.25) is 11.8 Å². The molecule has 0 heterocycles. The Morgan fingerprint density at radius 2 is 1.78 bits per heavy atom. The summed E-state index contributed by atoms with van der Waals surface area (Å²) < 4.78 is 0. The summed E-state index contributed by atoms with van der Waals surface area (Å²) in [5, 5.41) is 0. The van der Waals surface area contributed by atoms with Gasteiger partial charge in [0.25, 0.3) is 0 Å². The minimum Gasteiger partial charge on any atom is -0.370 e. The first-order valence-electron chi connectivity index (χ1n) is 6.17. The topological polar surface area (TPSA) is 63.4 Å². The molecule has 0 aliphatic heterocycles. The van der Waals surface area contributed by atoms with E-state index in [0.29, 0.717) is 12.8 Å². The lowest BCUT2D eigenvalue weighted by molar-refractivity contribution is -0.119. The first-order valence-corrected chi connectivity index (χ1v) is 6.17. The second kappa shape index (κ2) is 6.79. The van der Waals surface area contributed by atoms with E-state index in [1.807, 2.05) is 44.2 Å². The molecule has 1 rings (SSSR count). The lowest BCUT2D eigenvalue weighted by Gasteiger charge is -2.27. The summed E-state index contributed by atoms with van der Waals surface area (Å²) in [7, 11) is 0. The third-order valence-electron chi connectivity index (χ3n) is 2.63. The van der Waals surface area contributed by atoms with E-state index in [1.54, 1.807) is 4.90 Å². The van der Waals surface area contributed by atoms with Crippen LogP contribution in [0.3, 0.4) is 0 Å². The van der Waals surface area contributed by atoms with Gasteiger partial charge in [0, 0.05) is 24.6 Å². The average Bonchev–Trinajstić information content (AvgIpc) is 2.29. The molecule has 0 aromatic heterocycles. The van der Waals surface area contributed by atoms with E-state index in [4.69, 9.17) is 5.73 Å². The molecule has 0 saturated carbocycles. The van der Waals surface area contributed by atoms with Gasteiger partial charge in [-0.15, -0.1) is 0 Å². The van der Waals surface area contributed by atoms with E-state index >= 15 is 0 Å². The highest BCUT2D eigenvalue weighted by Gasteiger charge is 2.18. The van der Waals surface area contributed by atoms with Crippen LogP contribution in [0.2, 0.25) is 0 Å². The maximum Gasteiger partial charge on any atom is 0.227 e. The highest BCUT2D eigenvalue weighted by Crippen LogP contribution is 2.18. The van der Waals surface area contributed by atoms with Crippen LogP contribution < -0.4 is 10.6 Å². The Balaban J connectivity index is 2.68. The Hall–Kier alpha value is -1.84. The molecule has 98 valence electrons. The van der Waals surface area contributed by atoms with Gasteiger partial charge in [0.05, 0.1) is 0 Å². The molecule has 0 bridgehead atoms. The Labute approximate surface area is 108 Å². The van der Waals surface area contributed by atoms with Crippen molar-refractivity contribution in [2.24, 2.45) is 5.73 Å². The Bertz CT molecular complexity index is 402. The number of anilines is 1. The van der Waals surface area contributed by atoms with Crippen molar-refractivity contribution in [3.8, 4) is 0 Å². The van der Waals surface area contributed by atoms with E-state index < -0.39 is 0 Å². The lowest BCUT2D eigenvalue weighted by atomic mass is 10.1. The molecule has 0 saturated heterocycles. The summed E-state index contributed by atoms with van der Waals surface area (Å²) in [6.07, 6.45) is 1.10. The van der Waals surface area contributed by atoms with E-state index in [-0.39, 0.29) is 24.3 Å². The number of carbonyl (C=O) groups excluding carboxylic acids is 2. The van der Waals surface area contributed by atoms with Crippen LogP contribution in [0.15, 0.2) is 30.3 Å². The van der Waals surface area contributed by atoms with Crippen LogP contribution in [0, 0.1) is 0 Å². The fourth-order valence-electron chi connectivity index (χ4n) is 1.85. The smallest absolute Gasteiger partial charge is 0.227 e. The molecule has 0 atom stereocenters. The normalized spacial score (nSPS) is 10.4. The van der Waals surface area contributed by atoms with Crippen LogP contribution in [0.25, 0.3) is 0 Å². The molecule has 2 amide bonds. The molecule has 0 aliphatic carbocycles. The van der Waals surface area contributed by atoms with Crippen LogP contribution in [0.4, 0.5) is 5.69 Å². The zero-order valence-electron chi connectivity index (χ0n) is 10.9. The summed E-state index contributed by atoms with van der Waals surface area (Å²) >= 11 is 0. The van der Waals surface area contributed by atoms with Crippen molar-refractivity contribution in [3.63, 3.8) is 0 Å². The van der Waals surface area contributed by atoms with Crippen molar-refractivity contribution in [1.29, 1.82) is 0 Å². The van der Waals surface area contributed by atoms with Gasteiger partial charge in [0.15, 0.2) is 0 Å². The van der Waals surface area contributed by atoms with Gasteiger partial charge in [-0.3, -0.25) is 9.59 Å². The zero-order valence-corrected chi connectivity index (χ0v) is 10.9. The number of para-hydroxylation sites is 1. The molecular formula is C14H20N2O2. The van der Waals surface area contributed by atoms with Gasteiger partial charge in [-0.25, -0.2) is 0 Å². The monoisotopic (exact) mass is 248 g/mol. The maximum absolute atomic E-state index is 12.1. The highest BCUT2D eigenvalue weighted by molar-refractivity contribution is 5.94. The molecule has 0 radical (unpaired) electrons. The molecule has 2 N–H and O–H groups in total. The molecule has 0 fully saturated rings. The number of nitrogens with two attached hydrogens (primary N) is 1. The maximum atomic E-state index is 12.1. The Morgan fingerprint density at radius 1 is 1.17 bits per heavy atom. The largest absolute Gasteiger partial charge is 0.370 e. The van der Waals surface area contributed by atoms with E-state index in [1.165, 1.54) is 0 Å². The lowest BCUT2D eigenvalue weighted by Crippen LogP contribution is -2.36. The van der Waals surface area contributed by atoms with Crippen LogP contribution in [-0.2, 0) is 9.59 Å². The van der Waals surface area contributed by atoms with Crippen molar-refractivity contribution in [1.82, 2.24) is 0 Å². The number of rotatable bonds is 6. The summed E-state index contributed by atoms with van der Waals surface area (Å²) in [6.45, 7) is 3.94. The molecule has 0 unspecified atom stereocenters. The van der Waals surface area contributed by atoms with Crippen molar-refractivity contribution in [2.75, 3.05) is 4.90 Å². The van der Waals surface area contributed by atoms with Crippen molar-refractivity contribution >= 4 is 17.5 Å². The van der Waals surface area contributed by atoms with Gasteiger partial charge < -0.3 is 10.6 Å². The van der Waals surface area contributed by atoms with Crippen molar-refractivity contribution in [3.05, 3.63) is 30.3 Å². The second-order valence-corrected chi connectivity index (χ2v) is 4.51. The number of nitrogens with zero attached hydrogens (tertiary/aromatic N) is 1. The first kappa shape index (κ1) is 14.2. The molecule has 0 aliphatic rings. The van der Waals surface area contributed by atoms with Crippen molar-refractivity contribution in [2.45, 2.75) is 39.2 Å². The molecule has 1 aromatic carbocycles. The number of primary amides is 1.